The molecule has 1 N–H and O–H groups in total. The quantitative estimate of drug-likeness (QED) is 0.511. The summed E-state index contributed by atoms with van der Waals surface area (Å²) in [5.41, 5.74) is 2.07. The summed E-state index contributed by atoms with van der Waals surface area (Å²) in [5, 5.41) is 3.85. The smallest absolute Gasteiger partial charge is 0.220 e. The van der Waals surface area contributed by atoms with Crippen LogP contribution >= 0.6 is 23.2 Å². The monoisotopic (exact) mass is 417 g/mol. The van der Waals surface area contributed by atoms with Crippen molar-refractivity contribution in [3.05, 3.63) is 76.8 Å². The van der Waals surface area contributed by atoms with E-state index in [2.05, 4.69) is 10.3 Å². The predicted octanol–water partition coefficient (Wildman–Crippen LogP) is 5.22. The van der Waals surface area contributed by atoms with Crippen LogP contribution < -0.4 is 10.1 Å². The molecule has 3 rings (SSSR count). The Kier molecular flexibility index (Phi) is 6.95. The highest BCUT2D eigenvalue weighted by molar-refractivity contribution is 6.42. The summed E-state index contributed by atoms with van der Waals surface area (Å²) < 4.78 is 7.53. The molecule has 1 heterocycles. The van der Waals surface area contributed by atoms with E-state index in [-0.39, 0.29) is 11.9 Å². The number of nitrogens with zero attached hydrogens (tertiary/aromatic N) is 2. The van der Waals surface area contributed by atoms with Gasteiger partial charge in [-0.1, -0.05) is 41.4 Å². The highest BCUT2D eigenvalue weighted by atomic mass is 35.5. The number of benzene rings is 2. The Morgan fingerprint density at radius 2 is 2.00 bits per heavy atom. The molecule has 5 nitrogen and oxygen atoms in total. The number of nitrogens with one attached hydrogen (secondary N) is 1. The van der Waals surface area contributed by atoms with Crippen molar-refractivity contribution in [1.29, 1.82) is 0 Å². The van der Waals surface area contributed by atoms with Crippen molar-refractivity contribution < 1.29 is 9.53 Å². The molecule has 0 fully saturated rings. The molecular weight excluding hydrogens is 397 g/mol. The Labute approximate surface area is 174 Å². The zero-order chi connectivity index (χ0) is 19.9. The lowest BCUT2D eigenvalue weighted by Gasteiger charge is -2.15. The lowest BCUT2D eigenvalue weighted by Crippen LogP contribution is -2.26. The average Bonchev–Trinajstić information content (AvgIpc) is 3.23. The molecule has 2 aromatic carbocycles. The maximum atomic E-state index is 12.2. The SMILES string of the molecule is CC(NC(=O)CCCOc1cccc(Cl)c1Cl)c1ccc(-n2ccnc2)cc1. The maximum absolute atomic E-state index is 12.2. The van der Waals surface area contributed by atoms with E-state index in [0.29, 0.717) is 35.2 Å². The average molecular weight is 418 g/mol. The molecule has 0 radical (unpaired) electrons. The number of aromatic nitrogens is 2. The molecular formula is C21H21Cl2N3O2. The Balaban J connectivity index is 1.43. The van der Waals surface area contributed by atoms with Crippen LogP contribution in [0.4, 0.5) is 0 Å². The molecule has 1 amide bonds. The third-order valence-electron chi connectivity index (χ3n) is 4.30. The van der Waals surface area contributed by atoms with Crippen LogP contribution in [0, 0.1) is 0 Å². The Morgan fingerprint density at radius 1 is 1.21 bits per heavy atom. The molecule has 1 unspecified atom stereocenters. The molecule has 1 atom stereocenters. The van der Waals surface area contributed by atoms with E-state index in [1.165, 1.54) is 0 Å². The number of carbonyl (C=O) groups is 1. The molecule has 0 saturated carbocycles. The van der Waals surface area contributed by atoms with Crippen molar-refractivity contribution in [1.82, 2.24) is 14.9 Å². The molecule has 146 valence electrons. The molecule has 0 bridgehead atoms. The minimum absolute atomic E-state index is 0.0213. The maximum Gasteiger partial charge on any atom is 0.220 e. The van der Waals surface area contributed by atoms with Gasteiger partial charge in [0.25, 0.3) is 0 Å². The van der Waals surface area contributed by atoms with Gasteiger partial charge in [0.15, 0.2) is 0 Å². The molecule has 0 spiro atoms. The van der Waals surface area contributed by atoms with Crippen LogP contribution in [0.3, 0.4) is 0 Å². The van der Waals surface area contributed by atoms with Crippen molar-refractivity contribution in [2.75, 3.05) is 6.61 Å². The second-order valence-corrected chi connectivity index (χ2v) is 7.14. The van der Waals surface area contributed by atoms with Gasteiger partial charge in [0.2, 0.25) is 5.91 Å². The van der Waals surface area contributed by atoms with Gasteiger partial charge in [0.05, 0.1) is 24.0 Å². The summed E-state index contributed by atoms with van der Waals surface area (Å²) in [4.78, 5) is 16.2. The van der Waals surface area contributed by atoms with E-state index in [1.807, 2.05) is 42.0 Å². The number of halogens is 2. The highest BCUT2D eigenvalue weighted by Gasteiger charge is 2.10. The van der Waals surface area contributed by atoms with E-state index in [1.54, 1.807) is 30.7 Å². The van der Waals surface area contributed by atoms with Crippen molar-refractivity contribution in [3.63, 3.8) is 0 Å². The second kappa shape index (κ2) is 9.62. The summed E-state index contributed by atoms with van der Waals surface area (Å²) in [6.07, 6.45) is 6.33. The largest absolute Gasteiger partial charge is 0.492 e. The lowest BCUT2D eigenvalue weighted by molar-refractivity contribution is -0.121. The Morgan fingerprint density at radius 3 is 2.71 bits per heavy atom. The first kappa shape index (κ1) is 20.2. The van der Waals surface area contributed by atoms with Gasteiger partial charge in [0.1, 0.15) is 10.8 Å². The fraction of sp³-hybridized carbons (Fsp3) is 0.238. The highest BCUT2D eigenvalue weighted by Crippen LogP contribution is 2.31. The van der Waals surface area contributed by atoms with Crippen molar-refractivity contribution in [2.45, 2.75) is 25.8 Å². The van der Waals surface area contributed by atoms with Crippen LogP contribution in [0.2, 0.25) is 10.0 Å². The van der Waals surface area contributed by atoms with Crippen LogP contribution in [0.15, 0.2) is 61.2 Å². The summed E-state index contributed by atoms with van der Waals surface area (Å²) in [5.74, 6) is 0.507. The number of amides is 1. The van der Waals surface area contributed by atoms with Crippen LogP contribution in [0.1, 0.15) is 31.4 Å². The van der Waals surface area contributed by atoms with E-state index < -0.39 is 0 Å². The molecule has 0 aliphatic heterocycles. The minimum Gasteiger partial charge on any atom is -0.492 e. The third-order valence-corrected chi connectivity index (χ3v) is 5.10. The number of hydrogen-bond acceptors (Lipinski definition) is 3. The molecule has 0 saturated heterocycles. The van der Waals surface area contributed by atoms with Crippen molar-refractivity contribution in [3.8, 4) is 11.4 Å². The minimum atomic E-state index is -0.0763. The fourth-order valence-electron chi connectivity index (χ4n) is 2.75. The molecule has 28 heavy (non-hydrogen) atoms. The van der Waals surface area contributed by atoms with Crippen molar-refractivity contribution in [2.24, 2.45) is 0 Å². The van der Waals surface area contributed by atoms with Gasteiger partial charge >= 0.3 is 0 Å². The molecule has 7 heteroatoms. The first-order valence-corrected chi connectivity index (χ1v) is 9.74. The molecule has 0 aliphatic rings. The summed E-state index contributed by atoms with van der Waals surface area (Å²) in [6, 6.07) is 13.2. The van der Waals surface area contributed by atoms with Crippen LogP contribution in [-0.2, 0) is 4.79 Å². The number of imidazole rings is 1. The number of hydrogen-bond donors (Lipinski definition) is 1. The molecule has 1 aromatic heterocycles. The van der Waals surface area contributed by atoms with Gasteiger partial charge in [-0.2, -0.15) is 0 Å². The first-order chi connectivity index (χ1) is 13.5. The summed E-state index contributed by atoms with van der Waals surface area (Å²) in [6.45, 7) is 2.35. The standard InChI is InChI=1S/C21H21Cl2N3O2/c1-15(16-7-9-17(10-8-16)26-12-11-24-14-26)25-20(27)6-3-13-28-19-5-2-4-18(22)21(19)23/h2,4-5,7-12,14-15H,3,6,13H2,1H3,(H,25,27). The zero-order valence-corrected chi connectivity index (χ0v) is 17.0. The first-order valence-electron chi connectivity index (χ1n) is 8.99. The lowest BCUT2D eigenvalue weighted by atomic mass is 10.1. The number of carbonyl (C=O) groups excluding carboxylic acids is 1. The number of rotatable bonds is 8. The molecule has 3 aromatic rings. The van der Waals surface area contributed by atoms with Gasteiger partial charge in [-0.05, 0) is 43.2 Å². The van der Waals surface area contributed by atoms with E-state index >= 15 is 0 Å². The normalized spacial score (nSPS) is 11.8. The Bertz CT molecular complexity index is 912. The van der Waals surface area contributed by atoms with Gasteiger partial charge in [0, 0.05) is 24.5 Å². The van der Waals surface area contributed by atoms with E-state index in [9.17, 15) is 4.79 Å². The summed E-state index contributed by atoms with van der Waals surface area (Å²) >= 11 is 12.0. The van der Waals surface area contributed by atoms with Gasteiger partial charge in [-0.3, -0.25) is 4.79 Å². The zero-order valence-electron chi connectivity index (χ0n) is 15.4. The van der Waals surface area contributed by atoms with Crippen LogP contribution in [0.25, 0.3) is 5.69 Å². The predicted molar refractivity (Wildman–Crippen MR) is 111 cm³/mol. The van der Waals surface area contributed by atoms with Crippen LogP contribution in [-0.4, -0.2) is 22.1 Å². The summed E-state index contributed by atoms with van der Waals surface area (Å²) in [7, 11) is 0. The van der Waals surface area contributed by atoms with Gasteiger partial charge < -0.3 is 14.6 Å². The third kappa shape index (κ3) is 5.27. The van der Waals surface area contributed by atoms with Gasteiger partial charge in [-0.15, -0.1) is 0 Å². The van der Waals surface area contributed by atoms with Crippen LogP contribution in [0.5, 0.6) is 5.75 Å². The van der Waals surface area contributed by atoms with E-state index in [0.717, 1.165) is 11.3 Å². The fourth-order valence-corrected chi connectivity index (χ4v) is 3.10. The second-order valence-electron chi connectivity index (χ2n) is 6.35. The Hall–Kier alpha value is -2.50. The topological polar surface area (TPSA) is 56.1 Å². The van der Waals surface area contributed by atoms with Gasteiger partial charge in [-0.25, -0.2) is 4.98 Å². The molecule has 0 aliphatic carbocycles. The number of ether oxygens (including phenoxy) is 1. The van der Waals surface area contributed by atoms with Crippen molar-refractivity contribution >= 4 is 29.1 Å². The van der Waals surface area contributed by atoms with E-state index in [4.69, 9.17) is 27.9 Å².